The average Bonchev–Trinajstić information content (AvgIpc) is 2.78. The lowest BCUT2D eigenvalue weighted by molar-refractivity contribution is -0.122. The second-order valence-corrected chi connectivity index (χ2v) is 7.60. The molecule has 1 aliphatic heterocycles. The number of sulfone groups is 1. The minimum atomic E-state index is -2.94. The van der Waals surface area contributed by atoms with Crippen LogP contribution in [0.4, 0.5) is 4.39 Å². The minimum Gasteiger partial charge on any atom is -0.351 e. The van der Waals surface area contributed by atoms with Crippen molar-refractivity contribution < 1.29 is 17.6 Å². The van der Waals surface area contributed by atoms with Gasteiger partial charge < -0.3 is 5.32 Å². The fourth-order valence-corrected chi connectivity index (χ4v) is 4.14. The van der Waals surface area contributed by atoms with Crippen molar-refractivity contribution in [3.63, 3.8) is 0 Å². The van der Waals surface area contributed by atoms with Gasteiger partial charge >= 0.3 is 0 Å². The van der Waals surface area contributed by atoms with Crippen molar-refractivity contribution in [1.29, 1.82) is 0 Å². The SMILES string of the molecule is CN(CC(=O)NCc1ccc(F)cc1)C1CCS(=O)(=O)C1. The molecule has 1 heterocycles. The van der Waals surface area contributed by atoms with Crippen molar-refractivity contribution in [2.45, 2.75) is 19.0 Å². The first-order valence-electron chi connectivity index (χ1n) is 6.77. The number of hydrogen-bond donors (Lipinski definition) is 1. The number of hydrogen-bond acceptors (Lipinski definition) is 4. The molecule has 0 aliphatic carbocycles. The summed E-state index contributed by atoms with van der Waals surface area (Å²) in [6.45, 7) is 0.483. The van der Waals surface area contributed by atoms with Gasteiger partial charge in [0, 0.05) is 12.6 Å². The molecule has 1 aromatic rings. The number of amides is 1. The molecular weight excluding hydrogens is 295 g/mol. The highest BCUT2D eigenvalue weighted by atomic mass is 32.2. The molecule has 0 spiro atoms. The molecule has 0 radical (unpaired) electrons. The zero-order chi connectivity index (χ0) is 15.5. The molecule has 1 unspecified atom stereocenters. The Morgan fingerprint density at radius 3 is 2.62 bits per heavy atom. The van der Waals surface area contributed by atoms with Crippen molar-refractivity contribution >= 4 is 15.7 Å². The first kappa shape index (κ1) is 15.9. The van der Waals surface area contributed by atoms with Gasteiger partial charge in [-0.05, 0) is 31.2 Å². The summed E-state index contributed by atoms with van der Waals surface area (Å²) < 4.78 is 35.6. The normalized spacial score (nSPS) is 20.6. The predicted octanol–water partition coefficient (Wildman–Crippen LogP) is 0.561. The summed E-state index contributed by atoms with van der Waals surface area (Å²) in [5.41, 5.74) is 0.816. The van der Waals surface area contributed by atoms with Gasteiger partial charge in [0.2, 0.25) is 5.91 Å². The maximum Gasteiger partial charge on any atom is 0.234 e. The monoisotopic (exact) mass is 314 g/mol. The van der Waals surface area contributed by atoms with Crippen LogP contribution in [-0.2, 0) is 21.2 Å². The molecule has 5 nitrogen and oxygen atoms in total. The molecule has 0 bridgehead atoms. The highest BCUT2D eigenvalue weighted by molar-refractivity contribution is 7.91. The van der Waals surface area contributed by atoms with Crippen LogP contribution in [0, 0.1) is 5.82 Å². The summed E-state index contributed by atoms with van der Waals surface area (Å²) in [5.74, 6) is -0.174. The van der Waals surface area contributed by atoms with E-state index in [0.29, 0.717) is 13.0 Å². The van der Waals surface area contributed by atoms with Crippen LogP contribution in [0.1, 0.15) is 12.0 Å². The Hall–Kier alpha value is -1.47. The van der Waals surface area contributed by atoms with Crippen molar-refractivity contribution in [3.05, 3.63) is 35.6 Å². The fraction of sp³-hybridized carbons (Fsp3) is 0.500. The van der Waals surface area contributed by atoms with E-state index in [1.807, 2.05) is 0 Å². The number of halogens is 1. The van der Waals surface area contributed by atoms with Crippen LogP contribution in [0.2, 0.25) is 0 Å². The second-order valence-electron chi connectivity index (χ2n) is 5.38. The Morgan fingerprint density at radius 2 is 2.05 bits per heavy atom. The Bertz CT molecular complexity index is 601. The van der Waals surface area contributed by atoms with Gasteiger partial charge in [0.1, 0.15) is 5.82 Å². The fourth-order valence-electron chi connectivity index (χ4n) is 2.34. The molecule has 1 fully saturated rings. The number of carbonyl (C=O) groups excluding carboxylic acids is 1. The van der Waals surface area contributed by atoms with Crippen LogP contribution < -0.4 is 5.32 Å². The highest BCUT2D eigenvalue weighted by Crippen LogP contribution is 2.16. The van der Waals surface area contributed by atoms with E-state index in [1.165, 1.54) is 12.1 Å². The van der Waals surface area contributed by atoms with Crippen LogP contribution in [-0.4, -0.2) is 50.4 Å². The summed E-state index contributed by atoms with van der Waals surface area (Å²) in [4.78, 5) is 13.6. The van der Waals surface area contributed by atoms with Gasteiger partial charge in [-0.3, -0.25) is 9.69 Å². The van der Waals surface area contributed by atoms with Crippen molar-refractivity contribution in [3.8, 4) is 0 Å². The van der Waals surface area contributed by atoms with Crippen LogP contribution in [0.3, 0.4) is 0 Å². The summed E-state index contributed by atoms with van der Waals surface area (Å²) in [5, 5.41) is 2.74. The smallest absolute Gasteiger partial charge is 0.234 e. The van der Waals surface area contributed by atoms with Gasteiger partial charge in [0.15, 0.2) is 9.84 Å². The first-order chi connectivity index (χ1) is 9.85. The summed E-state index contributed by atoms with van der Waals surface area (Å²) in [7, 11) is -1.19. The molecule has 7 heteroatoms. The Labute approximate surface area is 124 Å². The number of likely N-dealkylation sites (N-methyl/N-ethyl adjacent to an activating group) is 1. The molecular formula is C14H19FN2O3S. The largest absolute Gasteiger partial charge is 0.351 e. The molecule has 1 N–H and O–H groups in total. The quantitative estimate of drug-likeness (QED) is 0.862. The number of benzene rings is 1. The lowest BCUT2D eigenvalue weighted by Gasteiger charge is -2.22. The Balaban J connectivity index is 1.78. The maximum atomic E-state index is 12.7. The van der Waals surface area contributed by atoms with E-state index in [0.717, 1.165) is 5.56 Å². The zero-order valence-corrected chi connectivity index (χ0v) is 12.7. The Kier molecular flexibility index (Phi) is 4.95. The number of nitrogens with zero attached hydrogens (tertiary/aromatic N) is 1. The van der Waals surface area contributed by atoms with E-state index in [2.05, 4.69) is 5.32 Å². The van der Waals surface area contributed by atoms with E-state index in [1.54, 1.807) is 24.1 Å². The van der Waals surface area contributed by atoms with E-state index >= 15 is 0 Å². The molecule has 2 rings (SSSR count). The summed E-state index contributed by atoms with van der Waals surface area (Å²) in [6, 6.07) is 5.83. The minimum absolute atomic E-state index is 0.0911. The molecule has 1 aromatic carbocycles. The van der Waals surface area contributed by atoms with E-state index in [4.69, 9.17) is 0 Å². The molecule has 0 saturated carbocycles. The van der Waals surface area contributed by atoms with Gasteiger partial charge in [-0.15, -0.1) is 0 Å². The van der Waals surface area contributed by atoms with E-state index in [-0.39, 0.29) is 35.8 Å². The molecule has 1 aliphatic rings. The van der Waals surface area contributed by atoms with Gasteiger partial charge in [-0.1, -0.05) is 12.1 Å². The topological polar surface area (TPSA) is 66.5 Å². The third kappa shape index (κ3) is 4.78. The maximum absolute atomic E-state index is 12.7. The number of nitrogens with one attached hydrogen (secondary N) is 1. The lowest BCUT2D eigenvalue weighted by Crippen LogP contribution is -2.41. The van der Waals surface area contributed by atoms with Gasteiger partial charge in [-0.25, -0.2) is 12.8 Å². The second kappa shape index (κ2) is 6.53. The van der Waals surface area contributed by atoms with Crippen molar-refractivity contribution in [1.82, 2.24) is 10.2 Å². The average molecular weight is 314 g/mol. The predicted molar refractivity (Wildman–Crippen MR) is 77.9 cm³/mol. The van der Waals surface area contributed by atoms with Gasteiger partial charge in [-0.2, -0.15) is 0 Å². The van der Waals surface area contributed by atoms with Gasteiger partial charge in [0.25, 0.3) is 0 Å². The van der Waals surface area contributed by atoms with Crippen LogP contribution in [0.25, 0.3) is 0 Å². The summed E-state index contributed by atoms with van der Waals surface area (Å²) >= 11 is 0. The lowest BCUT2D eigenvalue weighted by atomic mass is 10.2. The third-order valence-electron chi connectivity index (χ3n) is 3.63. The van der Waals surface area contributed by atoms with Crippen LogP contribution >= 0.6 is 0 Å². The van der Waals surface area contributed by atoms with Crippen molar-refractivity contribution in [2.75, 3.05) is 25.1 Å². The van der Waals surface area contributed by atoms with Gasteiger partial charge in [0.05, 0.1) is 18.1 Å². The number of rotatable bonds is 5. The molecule has 1 amide bonds. The molecule has 21 heavy (non-hydrogen) atoms. The first-order valence-corrected chi connectivity index (χ1v) is 8.60. The van der Waals surface area contributed by atoms with Crippen LogP contribution in [0.5, 0.6) is 0 Å². The van der Waals surface area contributed by atoms with E-state index in [9.17, 15) is 17.6 Å². The van der Waals surface area contributed by atoms with E-state index < -0.39 is 9.84 Å². The molecule has 1 atom stereocenters. The molecule has 1 saturated heterocycles. The Morgan fingerprint density at radius 1 is 1.38 bits per heavy atom. The highest BCUT2D eigenvalue weighted by Gasteiger charge is 2.31. The van der Waals surface area contributed by atoms with Crippen molar-refractivity contribution in [2.24, 2.45) is 0 Å². The molecule has 0 aromatic heterocycles. The third-order valence-corrected chi connectivity index (χ3v) is 5.38. The molecule has 116 valence electrons. The number of carbonyl (C=O) groups is 1. The zero-order valence-electron chi connectivity index (χ0n) is 11.9. The van der Waals surface area contributed by atoms with Crippen LogP contribution in [0.15, 0.2) is 24.3 Å². The standard InChI is InChI=1S/C14H19FN2O3S/c1-17(13-6-7-21(19,20)10-13)9-14(18)16-8-11-2-4-12(15)5-3-11/h2-5,13H,6-10H2,1H3,(H,16,18). The summed E-state index contributed by atoms with van der Waals surface area (Å²) in [6.07, 6.45) is 0.573.